The Morgan fingerprint density at radius 3 is 2.95 bits per heavy atom. The molecule has 0 amide bonds. The van der Waals surface area contributed by atoms with Crippen LogP contribution in [0.25, 0.3) is 11.4 Å². The number of aromatic nitrogens is 3. The maximum absolute atomic E-state index is 4.65. The van der Waals surface area contributed by atoms with Crippen LogP contribution in [0.2, 0.25) is 0 Å². The lowest BCUT2D eigenvalue weighted by Crippen LogP contribution is -2.39. The van der Waals surface area contributed by atoms with Gasteiger partial charge in [-0.2, -0.15) is 4.98 Å². The summed E-state index contributed by atoms with van der Waals surface area (Å²) in [5.74, 6) is 2.32. The van der Waals surface area contributed by atoms with Crippen LogP contribution in [-0.2, 0) is 0 Å². The second kappa shape index (κ2) is 6.58. The summed E-state index contributed by atoms with van der Waals surface area (Å²) in [7, 11) is 2.01. The molecule has 112 valence electrons. The Kier molecular flexibility index (Phi) is 4.55. The van der Waals surface area contributed by atoms with Crippen LogP contribution in [-0.4, -0.2) is 41.9 Å². The van der Waals surface area contributed by atoms with E-state index in [0.29, 0.717) is 5.92 Å². The fraction of sp³-hybridized carbons (Fsp3) is 0.467. The average Bonchev–Trinajstić information content (AvgIpc) is 2.98. The van der Waals surface area contributed by atoms with Crippen molar-refractivity contribution in [3.05, 3.63) is 28.7 Å². The molecule has 1 aromatic carbocycles. The van der Waals surface area contributed by atoms with Gasteiger partial charge >= 0.3 is 0 Å². The lowest BCUT2D eigenvalue weighted by molar-refractivity contribution is 0.399. The fourth-order valence-electron chi connectivity index (χ4n) is 2.83. The zero-order valence-electron chi connectivity index (χ0n) is 12.1. The van der Waals surface area contributed by atoms with Crippen molar-refractivity contribution in [3.8, 4) is 11.4 Å². The third-order valence-corrected chi connectivity index (χ3v) is 4.41. The summed E-state index contributed by atoms with van der Waals surface area (Å²) in [5.41, 5.74) is 1.06. The van der Waals surface area contributed by atoms with Gasteiger partial charge in [-0.15, -0.1) is 5.10 Å². The van der Waals surface area contributed by atoms with Gasteiger partial charge in [0.2, 0.25) is 5.95 Å². The monoisotopic (exact) mass is 349 g/mol. The molecule has 2 heterocycles. The Hall–Kier alpha value is -1.40. The third kappa shape index (κ3) is 3.44. The second-order valence-corrected chi connectivity index (χ2v) is 6.42. The normalized spacial score (nSPS) is 19.0. The van der Waals surface area contributed by atoms with E-state index >= 15 is 0 Å². The Bertz CT molecular complexity index is 578. The fourth-order valence-corrected chi connectivity index (χ4v) is 3.10. The molecule has 0 radical (unpaired) electrons. The number of piperidine rings is 1. The van der Waals surface area contributed by atoms with Crippen LogP contribution in [0.3, 0.4) is 0 Å². The second-order valence-electron chi connectivity index (χ2n) is 5.50. The summed E-state index contributed by atoms with van der Waals surface area (Å²) in [6.07, 6.45) is 2.48. The predicted molar refractivity (Wildman–Crippen MR) is 88.4 cm³/mol. The molecule has 1 atom stereocenters. The number of nitrogens with one attached hydrogen (secondary N) is 2. The van der Waals surface area contributed by atoms with E-state index < -0.39 is 0 Å². The number of hydrogen-bond donors (Lipinski definition) is 2. The first-order valence-electron chi connectivity index (χ1n) is 7.34. The molecule has 1 aliphatic rings. The number of H-pyrrole nitrogens is 1. The van der Waals surface area contributed by atoms with Crippen molar-refractivity contribution in [1.82, 2.24) is 20.5 Å². The van der Waals surface area contributed by atoms with E-state index in [0.717, 1.165) is 41.4 Å². The van der Waals surface area contributed by atoms with Gasteiger partial charge in [0.05, 0.1) is 0 Å². The predicted octanol–water partition coefficient (Wildman–Crippen LogP) is 2.67. The van der Waals surface area contributed by atoms with Crippen LogP contribution >= 0.6 is 15.9 Å². The Morgan fingerprint density at radius 2 is 2.19 bits per heavy atom. The first kappa shape index (κ1) is 14.5. The summed E-state index contributed by atoms with van der Waals surface area (Å²) in [6.45, 7) is 3.12. The van der Waals surface area contributed by atoms with Crippen molar-refractivity contribution < 1.29 is 0 Å². The van der Waals surface area contributed by atoms with Crippen LogP contribution in [0.15, 0.2) is 28.7 Å². The molecule has 0 spiro atoms. The van der Waals surface area contributed by atoms with Crippen molar-refractivity contribution in [1.29, 1.82) is 0 Å². The quantitative estimate of drug-likeness (QED) is 0.890. The molecule has 1 fully saturated rings. The van der Waals surface area contributed by atoms with Crippen molar-refractivity contribution in [2.75, 3.05) is 31.6 Å². The highest BCUT2D eigenvalue weighted by Gasteiger charge is 2.22. The van der Waals surface area contributed by atoms with Crippen LogP contribution in [0, 0.1) is 5.92 Å². The summed E-state index contributed by atoms with van der Waals surface area (Å²) < 4.78 is 1.07. The lowest BCUT2D eigenvalue weighted by atomic mass is 9.98. The largest absolute Gasteiger partial charge is 0.339 e. The SMILES string of the molecule is CNCC1CCCN(c2n[nH]c(-c3ccc(Br)cc3)n2)C1. The highest BCUT2D eigenvalue weighted by Crippen LogP contribution is 2.23. The number of hydrogen-bond acceptors (Lipinski definition) is 4. The van der Waals surface area contributed by atoms with Crippen molar-refractivity contribution in [2.45, 2.75) is 12.8 Å². The van der Waals surface area contributed by atoms with Crippen LogP contribution in [0.5, 0.6) is 0 Å². The van der Waals surface area contributed by atoms with E-state index in [-0.39, 0.29) is 0 Å². The number of anilines is 1. The average molecular weight is 350 g/mol. The van der Waals surface area contributed by atoms with Crippen molar-refractivity contribution >= 4 is 21.9 Å². The molecule has 21 heavy (non-hydrogen) atoms. The van der Waals surface area contributed by atoms with Crippen molar-refractivity contribution in [2.24, 2.45) is 5.92 Å². The molecule has 1 saturated heterocycles. The summed E-state index contributed by atoms with van der Waals surface area (Å²) >= 11 is 3.45. The zero-order chi connectivity index (χ0) is 14.7. The summed E-state index contributed by atoms with van der Waals surface area (Å²) in [5, 5.41) is 10.7. The number of benzene rings is 1. The number of nitrogens with zero attached hydrogens (tertiary/aromatic N) is 3. The molecule has 2 aromatic rings. The first-order chi connectivity index (χ1) is 10.3. The maximum atomic E-state index is 4.65. The van der Waals surface area contributed by atoms with E-state index in [2.05, 4.69) is 41.3 Å². The van der Waals surface area contributed by atoms with Gasteiger partial charge in [-0.25, -0.2) is 0 Å². The molecule has 1 aromatic heterocycles. The van der Waals surface area contributed by atoms with Gasteiger partial charge in [-0.05, 0) is 44.5 Å². The van der Waals surface area contributed by atoms with E-state index in [4.69, 9.17) is 0 Å². The zero-order valence-corrected chi connectivity index (χ0v) is 13.7. The molecule has 0 bridgehead atoms. The van der Waals surface area contributed by atoms with Crippen LogP contribution in [0.1, 0.15) is 12.8 Å². The van der Waals surface area contributed by atoms with Gasteiger partial charge in [-0.1, -0.05) is 28.1 Å². The van der Waals surface area contributed by atoms with Crippen LogP contribution < -0.4 is 10.2 Å². The number of halogens is 1. The first-order valence-corrected chi connectivity index (χ1v) is 8.13. The smallest absolute Gasteiger partial charge is 0.245 e. The van der Waals surface area contributed by atoms with Gasteiger partial charge in [0, 0.05) is 23.1 Å². The van der Waals surface area contributed by atoms with Gasteiger partial charge < -0.3 is 10.2 Å². The Morgan fingerprint density at radius 1 is 1.38 bits per heavy atom. The van der Waals surface area contributed by atoms with Gasteiger partial charge in [-0.3, -0.25) is 5.10 Å². The lowest BCUT2D eigenvalue weighted by Gasteiger charge is -2.31. The highest BCUT2D eigenvalue weighted by molar-refractivity contribution is 9.10. The standard InChI is InChI=1S/C15H20BrN5/c1-17-9-11-3-2-8-21(10-11)15-18-14(19-20-15)12-4-6-13(16)7-5-12/h4-7,11,17H,2-3,8-10H2,1H3,(H,18,19,20). The minimum atomic E-state index is 0.679. The molecule has 6 heteroatoms. The molecule has 1 unspecified atom stereocenters. The maximum Gasteiger partial charge on any atom is 0.245 e. The van der Waals surface area contributed by atoms with E-state index in [1.165, 1.54) is 12.8 Å². The Labute approximate surface area is 133 Å². The highest BCUT2D eigenvalue weighted by atomic mass is 79.9. The van der Waals surface area contributed by atoms with Gasteiger partial charge in [0.25, 0.3) is 0 Å². The molecule has 2 N–H and O–H groups in total. The minimum absolute atomic E-state index is 0.679. The molecule has 3 rings (SSSR count). The van der Waals surface area contributed by atoms with E-state index in [1.807, 2.05) is 31.3 Å². The molecule has 0 saturated carbocycles. The molecule has 5 nitrogen and oxygen atoms in total. The molecular formula is C15H20BrN5. The summed E-state index contributed by atoms with van der Waals surface area (Å²) in [6, 6.07) is 8.10. The molecular weight excluding hydrogens is 330 g/mol. The van der Waals surface area contributed by atoms with Gasteiger partial charge in [0.15, 0.2) is 5.82 Å². The Balaban J connectivity index is 1.73. The van der Waals surface area contributed by atoms with Crippen LogP contribution in [0.4, 0.5) is 5.95 Å². The van der Waals surface area contributed by atoms with E-state index in [1.54, 1.807) is 0 Å². The number of rotatable bonds is 4. The number of aromatic amines is 1. The molecule has 0 aliphatic carbocycles. The van der Waals surface area contributed by atoms with Gasteiger partial charge in [0.1, 0.15) is 0 Å². The summed E-state index contributed by atoms with van der Waals surface area (Å²) in [4.78, 5) is 6.93. The minimum Gasteiger partial charge on any atom is -0.339 e. The third-order valence-electron chi connectivity index (χ3n) is 3.89. The van der Waals surface area contributed by atoms with E-state index in [9.17, 15) is 0 Å². The topological polar surface area (TPSA) is 56.8 Å². The van der Waals surface area contributed by atoms with Crippen molar-refractivity contribution in [3.63, 3.8) is 0 Å². The molecule has 1 aliphatic heterocycles.